The van der Waals surface area contributed by atoms with Crippen molar-refractivity contribution in [1.82, 2.24) is 4.98 Å². The molecule has 0 N–H and O–H groups in total. The van der Waals surface area contributed by atoms with Gasteiger partial charge in [-0.3, -0.25) is 0 Å². The van der Waals surface area contributed by atoms with E-state index in [0.29, 0.717) is 9.12 Å². The largest absolute Gasteiger partial charge is 0.420 e. The Morgan fingerprint density at radius 3 is 2.69 bits per heavy atom. The number of aromatic nitrogens is 1. The van der Waals surface area contributed by atoms with E-state index in [4.69, 9.17) is 16.0 Å². The number of nitrogens with zero attached hydrogens (tertiary/aromatic N) is 1. The summed E-state index contributed by atoms with van der Waals surface area (Å²) >= 11 is 7.86. The summed E-state index contributed by atoms with van der Waals surface area (Å²) < 4.78 is 5.74. The Hall–Kier alpha value is 0.230. The van der Waals surface area contributed by atoms with E-state index >= 15 is 0 Å². The van der Waals surface area contributed by atoms with Crippen LogP contribution in [0.15, 0.2) is 4.42 Å². The van der Waals surface area contributed by atoms with Gasteiger partial charge in [0.25, 0.3) is 3.90 Å². The van der Waals surface area contributed by atoms with Gasteiger partial charge in [-0.15, -0.1) is 0 Å². The van der Waals surface area contributed by atoms with Gasteiger partial charge in [-0.1, -0.05) is 26.2 Å². The Kier molecular flexibility index (Phi) is 5.09. The molecule has 0 aliphatic rings. The molecule has 74 valence electrons. The van der Waals surface area contributed by atoms with Gasteiger partial charge in [-0.2, -0.15) is 0 Å². The quantitative estimate of drug-likeness (QED) is 0.605. The minimum Gasteiger partial charge on any atom is -0.420 e. The van der Waals surface area contributed by atoms with E-state index in [1.54, 1.807) is 0 Å². The summed E-state index contributed by atoms with van der Waals surface area (Å²) in [7, 11) is 0. The highest BCUT2D eigenvalue weighted by molar-refractivity contribution is 14.1. The Labute approximate surface area is 97.2 Å². The topological polar surface area (TPSA) is 26.0 Å². The number of hydrogen-bond donors (Lipinski definition) is 0. The summed E-state index contributed by atoms with van der Waals surface area (Å²) in [4.78, 5) is 4.20. The summed E-state index contributed by atoms with van der Waals surface area (Å²) in [5, 5.41) is 0.459. The monoisotopic (exact) mass is 313 g/mol. The average molecular weight is 314 g/mol. The van der Waals surface area contributed by atoms with Crippen LogP contribution in [0.5, 0.6) is 0 Å². The maximum absolute atomic E-state index is 5.82. The van der Waals surface area contributed by atoms with Crippen molar-refractivity contribution in [3.63, 3.8) is 0 Å². The van der Waals surface area contributed by atoms with Gasteiger partial charge in [0, 0.05) is 22.6 Å². The van der Waals surface area contributed by atoms with Crippen molar-refractivity contribution in [3.05, 3.63) is 14.8 Å². The fourth-order valence-electron chi connectivity index (χ4n) is 1.18. The van der Waals surface area contributed by atoms with Gasteiger partial charge >= 0.3 is 0 Å². The van der Waals surface area contributed by atoms with Gasteiger partial charge in [-0.25, -0.2) is 4.98 Å². The van der Waals surface area contributed by atoms with E-state index in [1.807, 2.05) is 22.6 Å². The molecule has 0 unspecified atom stereocenters. The first-order chi connectivity index (χ1) is 6.24. The van der Waals surface area contributed by atoms with E-state index in [0.717, 1.165) is 18.5 Å². The lowest BCUT2D eigenvalue weighted by molar-refractivity contribution is 0.526. The molecular weight excluding hydrogens is 300 g/mol. The van der Waals surface area contributed by atoms with Crippen LogP contribution >= 0.6 is 34.2 Å². The molecule has 0 saturated heterocycles. The number of rotatable bonds is 5. The highest BCUT2D eigenvalue weighted by Gasteiger charge is 2.07. The van der Waals surface area contributed by atoms with Crippen molar-refractivity contribution in [2.75, 3.05) is 0 Å². The number of oxazole rings is 1. The first-order valence-corrected chi connectivity index (χ1v) is 6.00. The molecule has 1 rings (SSSR count). The van der Waals surface area contributed by atoms with Crippen LogP contribution in [0.4, 0.5) is 0 Å². The Balaban J connectivity index is 2.32. The SMILES string of the molecule is CCCCCCc1nc(I)oc1Cl. The van der Waals surface area contributed by atoms with Crippen LogP contribution in [-0.4, -0.2) is 4.98 Å². The molecule has 0 amide bonds. The molecule has 1 aromatic heterocycles. The average Bonchev–Trinajstić information content (AvgIpc) is 2.39. The van der Waals surface area contributed by atoms with E-state index < -0.39 is 0 Å². The normalized spacial score (nSPS) is 10.7. The molecule has 0 radical (unpaired) electrons. The first kappa shape index (κ1) is 11.3. The maximum Gasteiger partial charge on any atom is 0.258 e. The zero-order valence-electron chi connectivity index (χ0n) is 7.65. The molecule has 4 heteroatoms. The fourth-order valence-corrected chi connectivity index (χ4v) is 2.03. The lowest BCUT2D eigenvalue weighted by Gasteiger charge is -1.95. The van der Waals surface area contributed by atoms with Crippen molar-refractivity contribution in [1.29, 1.82) is 0 Å². The molecule has 1 heterocycles. The molecule has 0 atom stereocenters. The first-order valence-electron chi connectivity index (χ1n) is 4.54. The predicted molar refractivity (Wildman–Crippen MR) is 62.1 cm³/mol. The van der Waals surface area contributed by atoms with Crippen LogP contribution < -0.4 is 0 Å². The minimum atomic E-state index is 0.459. The Morgan fingerprint density at radius 2 is 2.15 bits per heavy atom. The van der Waals surface area contributed by atoms with E-state index in [9.17, 15) is 0 Å². The number of aryl methyl sites for hydroxylation is 1. The van der Waals surface area contributed by atoms with Crippen LogP contribution in [0, 0.1) is 3.90 Å². The summed E-state index contributed by atoms with van der Waals surface area (Å²) in [6, 6.07) is 0. The molecule has 0 fully saturated rings. The fraction of sp³-hybridized carbons (Fsp3) is 0.667. The van der Waals surface area contributed by atoms with Crippen molar-refractivity contribution < 1.29 is 4.42 Å². The standard InChI is InChI=1S/C9H13ClINO/c1-2-3-4-5-6-7-8(10)13-9(11)12-7/h2-6H2,1H3. The molecule has 2 nitrogen and oxygen atoms in total. The zero-order valence-corrected chi connectivity index (χ0v) is 10.6. The lowest BCUT2D eigenvalue weighted by atomic mass is 10.1. The van der Waals surface area contributed by atoms with Crippen molar-refractivity contribution >= 4 is 34.2 Å². The third-order valence-corrected chi connectivity index (χ3v) is 2.65. The number of hydrogen-bond acceptors (Lipinski definition) is 2. The van der Waals surface area contributed by atoms with Crippen molar-refractivity contribution in [2.24, 2.45) is 0 Å². The smallest absolute Gasteiger partial charge is 0.258 e. The Morgan fingerprint density at radius 1 is 1.38 bits per heavy atom. The van der Waals surface area contributed by atoms with Gasteiger partial charge in [-0.05, 0) is 24.4 Å². The maximum atomic E-state index is 5.82. The molecular formula is C9H13ClINO. The summed E-state index contributed by atoms with van der Waals surface area (Å²) in [6.45, 7) is 2.20. The summed E-state index contributed by atoms with van der Waals surface area (Å²) in [5.41, 5.74) is 0.905. The zero-order chi connectivity index (χ0) is 9.68. The van der Waals surface area contributed by atoms with E-state index in [2.05, 4.69) is 11.9 Å². The van der Waals surface area contributed by atoms with Gasteiger partial charge in [0.05, 0.1) is 5.69 Å². The van der Waals surface area contributed by atoms with Gasteiger partial charge in [0.15, 0.2) is 0 Å². The summed E-state index contributed by atoms with van der Waals surface area (Å²) in [5.74, 6) is 0. The second-order valence-electron chi connectivity index (χ2n) is 3.00. The Bertz CT molecular complexity index is 262. The third kappa shape index (κ3) is 3.85. The molecule has 0 spiro atoms. The third-order valence-electron chi connectivity index (χ3n) is 1.89. The van der Waals surface area contributed by atoms with E-state index in [1.165, 1.54) is 19.3 Å². The minimum absolute atomic E-state index is 0.459. The lowest BCUT2D eigenvalue weighted by Crippen LogP contribution is -1.86. The molecule has 0 aliphatic heterocycles. The van der Waals surface area contributed by atoms with Crippen LogP contribution in [0.3, 0.4) is 0 Å². The van der Waals surface area contributed by atoms with Crippen LogP contribution in [0.25, 0.3) is 0 Å². The second kappa shape index (κ2) is 5.86. The van der Waals surface area contributed by atoms with Crippen molar-refractivity contribution in [2.45, 2.75) is 39.0 Å². The number of halogens is 2. The molecule has 0 bridgehead atoms. The predicted octanol–water partition coefficient (Wildman–Crippen LogP) is 4.06. The van der Waals surface area contributed by atoms with Gasteiger partial charge in [0.2, 0.25) is 5.22 Å². The van der Waals surface area contributed by atoms with Crippen molar-refractivity contribution in [3.8, 4) is 0 Å². The van der Waals surface area contributed by atoms with Gasteiger partial charge < -0.3 is 4.42 Å². The molecule has 0 aromatic carbocycles. The van der Waals surface area contributed by atoms with E-state index in [-0.39, 0.29) is 0 Å². The summed E-state index contributed by atoms with van der Waals surface area (Å²) in [6.07, 6.45) is 5.87. The molecule has 0 aliphatic carbocycles. The number of unbranched alkanes of at least 4 members (excludes halogenated alkanes) is 3. The van der Waals surface area contributed by atoms with Crippen LogP contribution in [-0.2, 0) is 6.42 Å². The van der Waals surface area contributed by atoms with Crippen LogP contribution in [0.2, 0.25) is 5.22 Å². The van der Waals surface area contributed by atoms with Gasteiger partial charge in [0.1, 0.15) is 0 Å². The molecule has 1 aromatic rings. The van der Waals surface area contributed by atoms with Crippen LogP contribution in [0.1, 0.15) is 38.3 Å². The molecule has 0 saturated carbocycles. The highest BCUT2D eigenvalue weighted by Crippen LogP contribution is 2.20. The highest BCUT2D eigenvalue weighted by atomic mass is 127. The second-order valence-corrected chi connectivity index (χ2v) is 4.26. The molecule has 13 heavy (non-hydrogen) atoms.